The predicted octanol–water partition coefficient (Wildman–Crippen LogP) is 2.97. The molecule has 0 aromatic heterocycles. The van der Waals surface area contributed by atoms with Crippen LogP contribution in [0.4, 0.5) is 29.3 Å². The summed E-state index contributed by atoms with van der Waals surface area (Å²) < 4.78 is 40.5. The predicted molar refractivity (Wildman–Crippen MR) is 159 cm³/mol. The van der Waals surface area contributed by atoms with Gasteiger partial charge < -0.3 is 41.9 Å². The van der Waals surface area contributed by atoms with E-state index in [1.54, 1.807) is 0 Å². The summed E-state index contributed by atoms with van der Waals surface area (Å²) in [5.74, 6) is -11.1. The number of Topliss-reactive ketones (excluding diaryl/α,β-unsaturated/α-hetero) is 2. The topological polar surface area (TPSA) is 223 Å². The van der Waals surface area contributed by atoms with Gasteiger partial charge >= 0.3 is 12.2 Å². The smallest absolute Gasteiger partial charge is 0.418 e. The van der Waals surface area contributed by atoms with E-state index in [4.69, 9.17) is 17.3 Å². The minimum Gasteiger partial charge on any atom is -0.510 e. The van der Waals surface area contributed by atoms with Crippen LogP contribution in [0.5, 0.6) is 5.75 Å². The summed E-state index contributed by atoms with van der Waals surface area (Å²) >= 11 is 5.67. The Labute approximate surface area is 268 Å². The normalized spacial score (nSPS) is 27.3. The standard InChI is InChI=1S/C30H28ClF3N4O9/c1-9-11-5-7-14(37-28(46)36-13-6-4-10(31)8-12(13)30(32,33)34)21(39)16(11)22(40)17-15(9)23(41)19-20(38(2)3)24(42)18(27(35)45)26(44)29(19,47)25(17)43/h4-9,15,19-20,23,39,41-43,47H,1-3H3,(H2,35,45)(H2,36,37,46)/t9-,15-,19-,20-,23+,29-/m1/s1. The van der Waals surface area contributed by atoms with Crippen LogP contribution in [0.25, 0.3) is 0 Å². The van der Waals surface area contributed by atoms with Crippen molar-refractivity contribution in [3.8, 4) is 5.75 Å². The quantitative estimate of drug-likeness (QED) is 0.174. The van der Waals surface area contributed by atoms with E-state index in [2.05, 4.69) is 5.32 Å². The number of alkyl halides is 3. The van der Waals surface area contributed by atoms with E-state index in [9.17, 15) is 57.9 Å². The average Bonchev–Trinajstić information content (AvgIpc) is 2.96. The molecule has 9 N–H and O–H groups in total. The number of hydrogen-bond acceptors (Lipinski definition) is 10. The van der Waals surface area contributed by atoms with Gasteiger partial charge in [0, 0.05) is 16.5 Å². The Balaban J connectivity index is 1.58. The number of aromatic hydroxyl groups is 1. The van der Waals surface area contributed by atoms with Gasteiger partial charge in [0.15, 0.2) is 17.1 Å². The number of carbonyl (C=O) groups is 4. The molecule has 3 aliphatic rings. The van der Waals surface area contributed by atoms with E-state index < -0.39 is 116 Å². The number of carbonyl (C=O) groups excluding carboxylic acids is 4. The number of hydrogen-bond donors (Lipinski definition) is 8. The first-order valence-electron chi connectivity index (χ1n) is 13.9. The number of rotatable bonds is 4. The number of ketones is 2. The minimum atomic E-state index is -4.89. The molecule has 0 spiro atoms. The highest BCUT2D eigenvalue weighted by Crippen LogP contribution is 2.56. The molecule has 0 saturated heterocycles. The summed E-state index contributed by atoms with van der Waals surface area (Å²) in [4.78, 5) is 53.6. The molecule has 13 nitrogen and oxygen atoms in total. The number of amides is 3. The molecule has 47 heavy (non-hydrogen) atoms. The Morgan fingerprint density at radius 3 is 2.21 bits per heavy atom. The van der Waals surface area contributed by atoms with Crippen molar-refractivity contribution in [2.45, 2.75) is 36.8 Å². The maximum absolute atomic E-state index is 14.0. The maximum atomic E-state index is 14.0. The van der Waals surface area contributed by atoms with Gasteiger partial charge in [-0.15, -0.1) is 0 Å². The molecule has 0 unspecified atom stereocenters. The molecule has 17 heteroatoms. The van der Waals surface area contributed by atoms with Crippen molar-refractivity contribution in [1.29, 1.82) is 0 Å². The number of nitrogens with zero attached hydrogens (tertiary/aromatic N) is 1. The molecule has 0 heterocycles. The largest absolute Gasteiger partial charge is 0.510 e. The lowest BCUT2D eigenvalue weighted by atomic mass is 9.55. The molecule has 6 atom stereocenters. The van der Waals surface area contributed by atoms with E-state index in [0.29, 0.717) is 6.07 Å². The molecule has 2 aromatic carbocycles. The fourth-order valence-electron chi connectivity index (χ4n) is 6.86. The van der Waals surface area contributed by atoms with Crippen LogP contribution in [0.15, 0.2) is 53.0 Å². The van der Waals surface area contributed by atoms with Crippen LogP contribution in [0.2, 0.25) is 5.02 Å². The molecular formula is C30H28ClF3N4O9. The van der Waals surface area contributed by atoms with Gasteiger partial charge in [-0.25, -0.2) is 4.79 Å². The second-order valence-electron chi connectivity index (χ2n) is 11.7. The zero-order valence-corrected chi connectivity index (χ0v) is 25.4. The number of anilines is 2. The first kappa shape index (κ1) is 33.7. The molecule has 0 bridgehead atoms. The van der Waals surface area contributed by atoms with Crippen molar-refractivity contribution in [2.75, 3.05) is 24.7 Å². The minimum absolute atomic E-state index is 0.114. The molecule has 0 radical (unpaired) electrons. The first-order chi connectivity index (χ1) is 21.7. The highest BCUT2D eigenvalue weighted by atomic mass is 35.5. The maximum Gasteiger partial charge on any atom is 0.418 e. The highest BCUT2D eigenvalue weighted by Gasteiger charge is 2.67. The van der Waals surface area contributed by atoms with Crippen LogP contribution < -0.4 is 16.4 Å². The van der Waals surface area contributed by atoms with Crippen molar-refractivity contribution in [3.05, 3.63) is 74.7 Å². The van der Waals surface area contributed by atoms with Crippen LogP contribution in [-0.4, -0.2) is 85.8 Å². The Kier molecular flexibility index (Phi) is 8.08. The summed E-state index contributed by atoms with van der Waals surface area (Å²) in [6, 6.07) is 2.40. The third-order valence-corrected chi connectivity index (χ3v) is 9.15. The van der Waals surface area contributed by atoms with E-state index >= 15 is 0 Å². The van der Waals surface area contributed by atoms with E-state index in [1.165, 1.54) is 32.0 Å². The van der Waals surface area contributed by atoms with Crippen molar-refractivity contribution >= 4 is 46.5 Å². The number of aliphatic hydroxyl groups excluding tert-OH is 3. The molecule has 0 fully saturated rings. The average molecular weight is 681 g/mol. The van der Waals surface area contributed by atoms with Gasteiger partial charge in [-0.2, -0.15) is 13.2 Å². The number of nitrogens with two attached hydrogens (primary N) is 1. The highest BCUT2D eigenvalue weighted by molar-refractivity contribution is 6.30. The van der Waals surface area contributed by atoms with Gasteiger partial charge in [-0.3, -0.25) is 19.3 Å². The Morgan fingerprint density at radius 1 is 1.04 bits per heavy atom. The summed E-state index contributed by atoms with van der Waals surface area (Å²) in [5.41, 5.74) is -2.30. The lowest BCUT2D eigenvalue weighted by Gasteiger charge is -2.53. The number of primary amides is 1. The van der Waals surface area contributed by atoms with Gasteiger partial charge in [0.2, 0.25) is 5.78 Å². The number of fused-ring (bicyclic) bond motifs is 3. The lowest BCUT2D eigenvalue weighted by Crippen LogP contribution is -2.68. The van der Waals surface area contributed by atoms with Gasteiger partial charge in [-0.1, -0.05) is 24.6 Å². The van der Waals surface area contributed by atoms with Crippen molar-refractivity contribution in [2.24, 2.45) is 17.6 Å². The summed E-state index contributed by atoms with van der Waals surface area (Å²) in [7, 11) is 2.81. The number of urea groups is 1. The summed E-state index contributed by atoms with van der Waals surface area (Å²) in [6.45, 7) is 1.51. The molecule has 0 saturated carbocycles. The SMILES string of the molecule is C[C@@H]1c2ccc(NC(=O)Nc3ccc(Cl)cc3C(F)(F)F)c(O)c2C(=O)C2=C(O)[C@@]3(O)C(=O)C(C(N)=O)=C(O)[C@H](N(C)C)[C@@H]3[C@@H](O)[C@@H]21. The van der Waals surface area contributed by atoms with Crippen LogP contribution >= 0.6 is 11.6 Å². The monoisotopic (exact) mass is 680 g/mol. The van der Waals surface area contributed by atoms with Crippen LogP contribution in [0.1, 0.15) is 34.3 Å². The number of halogens is 4. The number of aliphatic hydroxyl groups is 4. The number of benzene rings is 2. The Bertz CT molecular complexity index is 1830. The molecule has 2 aromatic rings. The number of nitrogens with one attached hydrogen (secondary N) is 2. The van der Waals surface area contributed by atoms with Crippen LogP contribution in [0, 0.1) is 11.8 Å². The summed E-state index contributed by atoms with van der Waals surface area (Å²) in [5, 5.41) is 60.8. The molecule has 3 aliphatic carbocycles. The van der Waals surface area contributed by atoms with Gasteiger partial charge in [0.1, 0.15) is 17.1 Å². The molecular weight excluding hydrogens is 653 g/mol. The van der Waals surface area contributed by atoms with Crippen molar-refractivity contribution in [1.82, 2.24) is 4.90 Å². The van der Waals surface area contributed by atoms with Crippen molar-refractivity contribution in [3.63, 3.8) is 0 Å². The van der Waals surface area contributed by atoms with E-state index in [1.807, 2.05) is 5.32 Å². The first-order valence-corrected chi connectivity index (χ1v) is 14.3. The molecule has 5 rings (SSSR count). The lowest BCUT2D eigenvalue weighted by molar-refractivity contribution is -0.162. The fraction of sp³-hybridized carbons (Fsp3) is 0.333. The van der Waals surface area contributed by atoms with E-state index in [-0.39, 0.29) is 10.6 Å². The second-order valence-corrected chi connectivity index (χ2v) is 12.2. The zero-order chi connectivity index (χ0) is 35.1. The number of likely N-dealkylation sites (N-methyl/N-ethyl adjacent to an activating group) is 1. The third-order valence-electron chi connectivity index (χ3n) is 8.91. The Hall–Kier alpha value is -4.64. The molecule has 250 valence electrons. The van der Waals surface area contributed by atoms with Crippen molar-refractivity contribution < 1.29 is 57.9 Å². The fourth-order valence-corrected chi connectivity index (χ4v) is 7.03. The number of phenols is 1. The van der Waals surface area contributed by atoms with Crippen LogP contribution in [0.3, 0.4) is 0 Å². The number of phenolic OH excluding ortho intramolecular Hbond substituents is 1. The van der Waals surface area contributed by atoms with E-state index in [0.717, 1.165) is 18.2 Å². The second kappa shape index (κ2) is 11.3. The Morgan fingerprint density at radius 2 is 1.64 bits per heavy atom. The third kappa shape index (κ3) is 4.99. The van der Waals surface area contributed by atoms with Gasteiger partial charge in [0.05, 0.1) is 40.6 Å². The molecule has 3 amide bonds. The van der Waals surface area contributed by atoms with Gasteiger partial charge in [0.25, 0.3) is 5.91 Å². The zero-order valence-electron chi connectivity index (χ0n) is 24.7. The summed E-state index contributed by atoms with van der Waals surface area (Å²) in [6.07, 6.45) is -6.69. The van der Waals surface area contributed by atoms with Crippen LogP contribution in [-0.2, 0) is 15.8 Å². The van der Waals surface area contributed by atoms with Gasteiger partial charge in [-0.05, 0) is 49.8 Å². The molecule has 0 aliphatic heterocycles.